The van der Waals surface area contributed by atoms with Crippen LogP contribution < -0.4 is 4.57 Å². The zero-order chi connectivity index (χ0) is 36.3. The summed E-state index contributed by atoms with van der Waals surface area (Å²) in [6.45, 7) is 0. The van der Waals surface area contributed by atoms with Crippen molar-refractivity contribution in [3.63, 3.8) is 0 Å². The van der Waals surface area contributed by atoms with Gasteiger partial charge in [-0.25, -0.2) is 4.98 Å². The molecule has 0 atom stereocenters. The maximum atomic E-state index is 3.71. The van der Waals surface area contributed by atoms with Crippen molar-refractivity contribution in [3.8, 4) is 50.5 Å². The first-order chi connectivity index (χ1) is 27.3. The third-order valence-electron chi connectivity index (χ3n) is 11.2. The van der Waals surface area contributed by atoms with E-state index in [1.165, 1.54) is 76.5 Å². The van der Waals surface area contributed by atoms with Crippen molar-refractivity contribution in [2.45, 2.75) is 0 Å². The quantitative estimate of drug-likeness (QED) is 0.136. The number of nitrogens with one attached hydrogen (secondary N) is 1. The second-order valence-corrected chi connectivity index (χ2v) is 14.4. The molecule has 11 aromatic rings. The number of nitrogens with zero attached hydrogens (tertiary/aromatic N) is 1. The van der Waals surface area contributed by atoms with Gasteiger partial charge in [0.15, 0.2) is 11.0 Å². The number of imidazole rings is 1. The van der Waals surface area contributed by atoms with E-state index in [0.717, 1.165) is 28.1 Å². The summed E-state index contributed by atoms with van der Waals surface area (Å²) in [5.74, 6) is 1.06. The minimum atomic E-state index is 1.06. The summed E-state index contributed by atoms with van der Waals surface area (Å²) < 4.78 is 2.32. The van der Waals surface area contributed by atoms with Gasteiger partial charge in [0.1, 0.15) is 5.69 Å². The van der Waals surface area contributed by atoms with Crippen LogP contribution >= 0.6 is 0 Å². The van der Waals surface area contributed by atoms with Crippen molar-refractivity contribution >= 4 is 54.1 Å². The minimum absolute atomic E-state index is 1.06. The van der Waals surface area contributed by atoms with Crippen LogP contribution in [-0.2, 0) is 0 Å². The number of aromatic nitrogens is 2. The van der Waals surface area contributed by atoms with Crippen LogP contribution in [0.15, 0.2) is 206 Å². The van der Waals surface area contributed by atoms with Crippen LogP contribution in [0.1, 0.15) is 0 Å². The van der Waals surface area contributed by atoms with Gasteiger partial charge in [0.2, 0.25) is 0 Å². The number of hydrogen-bond acceptors (Lipinski definition) is 0. The molecule has 2 heteroatoms. The summed E-state index contributed by atoms with van der Waals surface area (Å²) in [6, 6.07) is 75.2. The van der Waals surface area contributed by atoms with E-state index in [0.29, 0.717) is 0 Å². The first kappa shape index (κ1) is 31.3. The second-order valence-electron chi connectivity index (χ2n) is 14.4. The highest BCUT2D eigenvalue weighted by Gasteiger charge is 2.22. The third-order valence-corrected chi connectivity index (χ3v) is 11.2. The van der Waals surface area contributed by atoms with Crippen molar-refractivity contribution in [2.75, 3.05) is 0 Å². The Morgan fingerprint density at radius 1 is 0.309 bits per heavy atom. The van der Waals surface area contributed by atoms with Crippen LogP contribution in [-0.4, -0.2) is 4.98 Å². The molecule has 11 rings (SSSR count). The van der Waals surface area contributed by atoms with Gasteiger partial charge >= 0.3 is 0 Å². The highest BCUT2D eigenvalue weighted by Crippen LogP contribution is 2.45. The van der Waals surface area contributed by atoms with Crippen molar-refractivity contribution in [2.24, 2.45) is 0 Å². The molecule has 256 valence electrons. The Balaban J connectivity index is 1.12. The maximum Gasteiger partial charge on any atom is 0.292 e. The number of hydrogen-bond donors (Lipinski definition) is 1. The van der Waals surface area contributed by atoms with E-state index in [-0.39, 0.29) is 0 Å². The molecule has 0 fully saturated rings. The zero-order valence-corrected chi connectivity index (χ0v) is 30.1. The SMILES string of the molecule is c1ccc(-[n+]2c(-c3ccc(-c4ccc5c(-c6ccc7ccccc7c6)c6ccccc6c(-c6ccc7ccccc7c6)c5c4)cc3)[nH]c3ccccc32)cc1. The summed E-state index contributed by atoms with van der Waals surface area (Å²) >= 11 is 0. The maximum absolute atomic E-state index is 3.71. The fraction of sp³-hybridized carbons (Fsp3) is 0. The van der Waals surface area contributed by atoms with Gasteiger partial charge in [-0.2, -0.15) is 4.57 Å². The molecule has 0 unspecified atom stereocenters. The van der Waals surface area contributed by atoms with Crippen LogP contribution in [0.4, 0.5) is 0 Å². The van der Waals surface area contributed by atoms with E-state index in [4.69, 9.17) is 0 Å². The lowest BCUT2D eigenvalue weighted by molar-refractivity contribution is -0.554. The predicted octanol–water partition coefficient (Wildman–Crippen LogP) is 13.7. The highest BCUT2D eigenvalue weighted by atomic mass is 15.1. The Hall–Kier alpha value is -7.29. The lowest BCUT2D eigenvalue weighted by Gasteiger charge is -2.19. The summed E-state index contributed by atoms with van der Waals surface area (Å²) in [5, 5.41) is 10.00. The van der Waals surface area contributed by atoms with Crippen molar-refractivity contribution in [1.29, 1.82) is 0 Å². The molecule has 1 aromatic heterocycles. The Morgan fingerprint density at radius 2 is 0.800 bits per heavy atom. The molecule has 2 nitrogen and oxygen atoms in total. The molecule has 0 amide bonds. The van der Waals surface area contributed by atoms with Gasteiger partial charge in [-0.3, -0.25) is 0 Å². The number of fused-ring (bicyclic) bond motifs is 5. The number of rotatable bonds is 5. The molecule has 0 radical (unpaired) electrons. The van der Waals surface area contributed by atoms with Gasteiger partial charge in [-0.1, -0.05) is 152 Å². The van der Waals surface area contributed by atoms with Crippen LogP contribution in [0, 0.1) is 0 Å². The molecule has 0 aliphatic heterocycles. The standard InChI is InChI=1S/C53H34N2/c1-2-16-44(17-3-1)55-50-21-11-10-20-49(50)54-53(55)38-26-22-37(23-27-38)41-30-31-47-48(34-41)52(43-29-25-36-13-5-7-15-40(36)33-43)46-19-9-8-18-45(46)51(47)42-28-24-35-12-4-6-14-39(35)32-42/h1-34H/p+1. The molecule has 0 aliphatic rings. The van der Waals surface area contributed by atoms with E-state index in [2.05, 4.69) is 216 Å². The molecule has 0 bridgehead atoms. The molecular formula is C53H35N2+. The second kappa shape index (κ2) is 12.7. The van der Waals surface area contributed by atoms with E-state index in [1.54, 1.807) is 0 Å². The first-order valence-electron chi connectivity index (χ1n) is 18.9. The topological polar surface area (TPSA) is 19.7 Å². The zero-order valence-electron chi connectivity index (χ0n) is 30.1. The van der Waals surface area contributed by atoms with Crippen LogP contribution in [0.3, 0.4) is 0 Å². The van der Waals surface area contributed by atoms with Gasteiger partial charge in [-0.05, 0) is 131 Å². The number of para-hydroxylation sites is 3. The molecule has 0 saturated carbocycles. The van der Waals surface area contributed by atoms with Gasteiger partial charge in [0.05, 0.1) is 5.56 Å². The Kier molecular flexibility index (Phi) is 7.21. The molecule has 1 N–H and O–H groups in total. The van der Waals surface area contributed by atoms with E-state index >= 15 is 0 Å². The van der Waals surface area contributed by atoms with Crippen molar-refractivity contribution in [1.82, 2.24) is 4.98 Å². The molecule has 0 aliphatic carbocycles. The number of benzene rings is 10. The van der Waals surface area contributed by atoms with E-state index < -0.39 is 0 Å². The molecular weight excluding hydrogens is 665 g/mol. The summed E-state index contributed by atoms with van der Waals surface area (Å²) in [6.07, 6.45) is 0. The minimum Gasteiger partial charge on any atom is -0.236 e. The van der Waals surface area contributed by atoms with Crippen LogP contribution in [0.25, 0.3) is 105 Å². The Labute approximate surface area is 319 Å². The smallest absolute Gasteiger partial charge is 0.236 e. The molecule has 0 spiro atoms. The average Bonchev–Trinajstić information content (AvgIpc) is 3.65. The predicted molar refractivity (Wildman–Crippen MR) is 232 cm³/mol. The molecule has 10 aromatic carbocycles. The van der Waals surface area contributed by atoms with Crippen LogP contribution in [0.5, 0.6) is 0 Å². The fourth-order valence-corrected chi connectivity index (χ4v) is 8.61. The summed E-state index contributed by atoms with van der Waals surface area (Å²) in [5.41, 5.74) is 11.9. The van der Waals surface area contributed by atoms with Crippen molar-refractivity contribution < 1.29 is 4.57 Å². The first-order valence-corrected chi connectivity index (χ1v) is 18.9. The van der Waals surface area contributed by atoms with Gasteiger partial charge in [-0.15, -0.1) is 0 Å². The van der Waals surface area contributed by atoms with Gasteiger partial charge in [0.25, 0.3) is 5.82 Å². The van der Waals surface area contributed by atoms with Crippen LogP contribution in [0.2, 0.25) is 0 Å². The normalized spacial score (nSPS) is 11.6. The van der Waals surface area contributed by atoms with Gasteiger partial charge in [0, 0.05) is 0 Å². The van der Waals surface area contributed by atoms with Gasteiger partial charge < -0.3 is 0 Å². The number of aromatic amines is 1. The lowest BCUT2D eigenvalue weighted by Crippen LogP contribution is -2.31. The lowest BCUT2D eigenvalue weighted by atomic mass is 9.84. The third kappa shape index (κ3) is 5.22. The Morgan fingerprint density at radius 3 is 1.47 bits per heavy atom. The molecule has 1 heterocycles. The molecule has 0 saturated heterocycles. The Bertz CT molecular complexity index is 3240. The monoisotopic (exact) mass is 699 g/mol. The largest absolute Gasteiger partial charge is 0.292 e. The van der Waals surface area contributed by atoms with Crippen molar-refractivity contribution in [3.05, 3.63) is 206 Å². The average molecular weight is 700 g/mol. The highest BCUT2D eigenvalue weighted by molar-refractivity contribution is 6.22. The molecule has 55 heavy (non-hydrogen) atoms. The van der Waals surface area contributed by atoms with E-state index in [1.807, 2.05) is 0 Å². The number of H-pyrrole nitrogens is 1. The summed E-state index contributed by atoms with van der Waals surface area (Å²) in [7, 11) is 0. The fourth-order valence-electron chi connectivity index (χ4n) is 8.61. The van der Waals surface area contributed by atoms with E-state index in [9.17, 15) is 0 Å². The summed E-state index contributed by atoms with van der Waals surface area (Å²) in [4.78, 5) is 3.71.